The van der Waals surface area contributed by atoms with Crippen LogP contribution in [0, 0.1) is 5.82 Å². The zero-order chi connectivity index (χ0) is 22.0. The van der Waals surface area contributed by atoms with E-state index in [1.54, 1.807) is 0 Å². The van der Waals surface area contributed by atoms with E-state index >= 15 is 0 Å². The molecule has 162 valence electrons. The van der Waals surface area contributed by atoms with Crippen molar-refractivity contribution >= 4 is 34.5 Å². The number of benzene rings is 1. The maximum absolute atomic E-state index is 15.0. The lowest BCUT2D eigenvalue weighted by molar-refractivity contribution is 0.311. The van der Waals surface area contributed by atoms with Gasteiger partial charge in [0.2, 0.25) is 0 Å². The summed E-state index contributed by atoms with van der Waals surface area (Å²) in [6, 6.07) is 8.85. The second-order valence-corrected chi connectivity index (χ2v) is 8.32. The summed E-state index contributed by atoms with van der Waals surface area (Å²) in [5.41, 5.74) is 1.99. The Morgan fingerprint density at radius 1 is 1.16 bits per heavy atom. The summed E-state index contributed by atoms with van der Waals surface area (Å²) >= 11 is 5.92. The molecule has 0 amide bonds. The standard InChI is InChI=1S/C24H26ClFN4O/c1-3-29-16-18(6-4-5-17-7-9-19(25)10-8-17)22(31)20-15-21(26)24(27-23(20)29)30-13-11-28(2)12-14-30/h4-5,7-10,15-16H,3,6,11-14H2,1-2H3. The smallest absolute Gasteiger partial charge is 0.194 e. The molecule has 7 heteroatoms. The number of fused-ring (bicyclic) bond motifs is 1. The van der Waals surface area contributed by atoms with Gasteiger partial charge in [0.1, 0.15) is 5.65 Å². The van der Waals surface area contributed by atoms with Gasteiger partial charge in [-0.05, 0) is 44.2 Å². The van der Waals surface area contributed by atoms with Crippen LogP contribution in [0.1, 0.15) is 18.1 Å². The molecule has 2 aromatic heterocycles. The second kappa shape index (κ2) is 9.20. The number of hydrogen-bond acceptors (Lipinski definition) is 4. The molecule has 0 spiro atoms. The van der Waals surface area contributed by atoms with Crippen molar-refractivity contribution in [2.75, 3.05) is 38.1 Å². The van der Waals surface area contributed by atoms with E-state index in [0.717, 1.165) is 31.7 Å². The topological polar surface area (TPSA) is 41.4 Å². The summed E-state index contributed by atoms with van der Waals surface area (Å²) in [5.74, 6) is -0.108. The van der Waals surface area contributed by atoms with Crippen LogP contribution in [0.5, 0.6) is 0 Å². The van der Waals surface area contributed by atoms with Crippen molar-refractivity contribution in [3.8, 4) is 0 Å². The Morgan fingerprint density at radius 2 is 1.87 bits per heavy atom. The second-order valence-electron chi connectivity index (χ2n) is 7.88. The van der Waals surface area contributed by atoms with Gasteiger partial charge in [0.25, 0.3) is 0 Å². The Bertz CT molecular complexity index is 1160. The van der Waals surface area contributed by atoms with Gasteiger partial charge in [-0.3, -0.25) is 4.79 Å². The number of nitrogens with zero attached hydrogens (tertiary/aromatic N) is 4. The van der Waals surface area contributed by atoms with Crippen LogP contribution in [0.4, 0.5) is 10.2 Å². The molecule has 5 nitrogen and oxygen atoms in total. The molecule has 1 saturated heterocycles. The molecule has 4 rings (SSSR count). The Morgan fingerprint density at radius 3 is 2.55 bits per heavy atom. The molecule has 1 aliphatic rings. The molecule has 0 saturated carbocycles. The first-order valence-corrected chi connectivity index (χ1v) is 10.9. The molecule has 1 aromatic carbocycles. The average Bonchev–Trinajstić information content (AvgIpc) is 2.77. The third-order valence-corrected chi connectivity index (χ3v) is 5.97. The van der Waals surface area contributed by atoms with Gasteiger partial charge in [-0.15, -0.1) is 0 Å². The number of likely N-dealkylation sites (N-methyl/N-ethyl adjacent to an activating group) is 1. The van der Waals surface area contributed by atoms with E-state index in [1.807, 2.05) is 59.0 Å². The minimum atomic E-state index is -0.439. The fourth-order valence-electron chi connectivity index (χ4n) is 3.86. The predicted molar refractivity (Wildman–Crippen MR) is 126 cm³/mol. The number of aromatic nitrogens is 2. The molecule has 1 fully saturated rings. The summed E-state index contributed by atoms with van der Waals surface area (Å²) in [4.78, 5) is 21.8. The maximum atomic E-state index is 15.0. The van der Waals surface area contributed by atoms with Gasteiger partial charge in [0.05, 0.1) is 5.39 Å². The molecule has 3 aromatic rings. The number of piperazine rings is 1. The summed E-state index contributed by atoms with van der Waals surface area (Å²) < 4.78 is 16.9. The van der Waals surface area contributed by atoms with Gasteiger partial charge in [0.15, 0.2) is 17.1 Å². The van der Waals surface area contributed by atoms with Crippen molar-refractivity contribution in [3.05, 3.63) is 74.8 Å². The van der Waals surface area contributed by atoms with Crippen LogP contribution in [-0.2, 0) is 13.0 Å². The van der Waals surface area contributed by atoms with Gasteiger partial charge in [-0.25, -0.2) is 9.37 Å². The zero-order valence-electron chi connectivity index (χ0n) is 17.8. The SMILES string of the molecule is CCn1cc(CC=Cc2ccc(Cl)cc2)c(=O)c2cc(F)c(N3CCN(C)CC3)nc21. The first kappa shape index (κ1) is 21.5. The number of halogens is 2. The molecule has 1 aliphatic heterocycles. The zero-order valence-corrected chi connectivity index (χ0v) is 18.6. The summed E-state index contributed by atoms with van der Waals surface area (Å²) in [5, 5.41) is 1.01. The molecule has 0 bridgehead atoms. The van der Waals surface area contributed by atoms with E-state index in [4.69, 9.17) is 11.6 Å². The Labute approximate surface area is 186 Å². The summed E-state index contributed by atoms with van der Waals surface area (Å²) in [6.07, 6.45) is 6.19. The van der Waals surface area contributed by atoms with Crippen molar-refractivity contribution in [1.82, 2.24) is 14.5 Å². The number of aryl methyl sites for hydroxylation is 1. The quantitative estimate of drug-likeness (QED) is 0.595. The van der Waals surface area contributed by atoms with E-state index in [0.29, 0.717) is 40.4 Å². The highest BCUT2D eigenvalue weighted by Crippen LogP contribution is 2.23. The lowest BCUT2D eigenvalue weighted by Gasteiger charge is -2.33. The molecule has 0 aliphatic carbocycles. The van der Waals surface area contributed by atoms with Crippen molar-refractivity contribution in [2.24, 2.45) is 0 Å². The van der Waals surface area contributed by atoms with Crippen molar-refractivity contribution in [2.45, 2.75) is 19.9 Å². The van der Waals surface area contributed by atoms with Crippen LogP contribution in [-0.4, -0.2) is 47.7 Å². The van der Waals surface area contributed by atoms with Crippen molar-refractivity contribution < 1.29 is 4.39 Å². The van der Waals surface area contributed by atoms with Crippen LogP contribution in [0.3, 0.4) is 0 Å². The number of allylic oxidation sites excluding steroid dienone is 1. The molecule has 0 N–H and O–H groups in total. The van der Waals surface area contributed by atoms with Crippen LogP contribution >= 0.6 is 11.6 Å². The average molecular weight is 441 g/mol. The normalized spacial score (nSPS) is 15.3. The fourth-order valence-corrected chi connectivity index (χ4v) is 3.98. The molecule has 3 heterocycles. The Balaban J connectivity index is 1.67. The van der Waals surface area contributed by atoms with Gasteiger partial charge in [-0.2, -0.15) is 0 Å². The van der Waals surface area contributed by atoms with Gasteiger partial charge in [-0.1, -0.05) is 35.9 Å². The highest BCUT2D eigenvalue weighted by molar-refractivity contribution is 6.30. The highest BCUT2D eigenvalue weighted by atomic mass is 35.5. The first-order valence-electron chi connectivity index (χ1n) is 10.5. The van der Waals surface area contributed by atoms with E-state index in [9.17, 15) is 9.18 Å². The largest absolute Gasteiger partial charge is 0.352 e. The summed E-state index contributed by atoms with van der Waals surface area (Å²) in [7, 11) is 2.05. The molecule has 31 heavy (non-hydrogen) atoms. The minimum Gasteiger partial charge on any atom is -0.352 e. The monoisotopic (exact) mass is 440 g/mol. The first-order chi connectivity index (χ1) is 15.0. The molecular formula is C24H26ClFN4O. The molecule has 0 radical (unpaired) electrons. The lowest BCUT2D eigenvalue weighted by Crippen LogP contribution is -2.45. The van der Waals surface area contributed by atoms with Crippen LogP contribution in [0.2, 0.25) is 5.02 Å². The van der Waals surface area contributed by atoms with E-state index in [2.05, 4.69) is 16.9 Å². The van der Waals surface area contributed by atoms with Gasteiger partial charge < -0.3 is 14.4 Å². The van der Waals surface area contributed by atoms with E-state index < -0.39 is 5.82 Å². The van der Waals surface area contributed by atoms with Crippen LogP contribution < -0.4 is 10.3 Å². The van der Waals surface area contributed by atoms with Crippen LogP contribution in [0.15, 0.2) is 47.4 Å². The Hall–Kier alpha value is -2.70. The van der Waals surface area contributed by atoms with Crippen LogP contribution in [0.25, 0.3) is 17.1 Å². The van der Waals surface area contributed by atoms with Crippen molar-refractivity contribution in [3.63, 3.8) is 0 Å². The molecule has 0 atom stereocenters. The third kappa shape index (κ3) is 4.65. The minimum absolute atomic E-state index is 0.170. The van der Waals surface area contributed by atoms with E-state index in [-0.39, 0.29) is 5.43 Å². The molecular weight excluding hydrogens is 415 g/mol. The number of anilines is 1. The van der Waals surface area contributed by atoms with E-state index in [1.165, 1.54) is 6.07 Å². The molecule has 0 unspecified atom stereocenters. The third-order valence-electron chi connectivity index (χ3n) is 5.72. The maximum Gasteiger partial charge on any atom is 0.194 e. The summed E-state index contributed by atoms with van der Waals surface area (Å²) in [6.45, 7) is 5.80. The lowest BCUT2D eigenvalue weighted by atomic mass is 10.1. The Kier molecular flexibility index (Phi) is 6.39. The fraction of sp³-hybridized carbons (Fsp3) is 0.333. The van der Waals surface area contributed by atoms with Gasteiger partial charge in [0, 0.05) is 49.5 Å². The van der Waals surface area contributed by atoms with Gasteiger partial charge >= 0.3 is 0 Å². The predicted octanol–water partition coefficient (Wildman–Crippen LogP) is 4.22. The van der Waals surface area contributed by atoms with Crippen molar-refractivity contribution in [1.29, 1.82) is 0 Å². The number of pyridine rings is 2. The number of rotatable bonds is 5. The highest BCUT2D eigenvalue weighted by Gasteiger charge is 2.21. The number of hydrogen-bond donors (Lipinski definition) is 0.